The van der Waals surface area contributed by atoms with Crippen molar-refractivity contribution < 1.29 is 9.59 Å². The van der Waals surface area contributed by atoms with Crippen LogP contribution in [-0.4, -0.2) is 49.1 Å². The first-order valence-corrected chi connectivity index (χ1v) is 5.55. The van der Waals surface area contributed by atoms with E-state index in [4.69, 9.17) is 5.73 Å². The smallest absolute Gasteiger partial charge is 0.318 e. The Hall–Kier alpha value is -1.14. The Balaban J connectivity index is 2.47. The van der Waals surface area contributed by atoms with Gasteiger partial charge >= 0.3 is 6.03 Å². The average Bonchev–Trinajstić information content (AvgIpc) is 2.27. The van der Waals surface area contributed by atoms with Gasteiger partial charge in [-0.15, -0.1) is 0 Å². The van der Waals surface area contributed by atoms with Crippen LogP contribution in [0.5, 0.6) is 0 Å². The summed E-state index contributed by atoms with van der Waals surface area (Å²) in [6.07, 6.45) is 2.18. The van der Waals surface area contributed by atoms with Gasteiger partial charge in [0.05, 0.1) is 6.04 Å². The molecule has 0 saturated carbocycles. The Labute approximate surface area is 95.5 Å². The molecule has 0 aliphatic carbocycles. The van der Waals surface area contributed by atoms with Crippen molar-refractivity contribution in [3.63, 3.8) is 0 Å². The minimum atomic E-state index is -0.799. The second kappa shape index (κ2) is 5.81. The standard InChI is InChI=1S/C10H20N4O2/c1-7(9(15)13-10(11)16)14(2)8-4-3-5-12-6-8/h7-8,12H,3-6H2,1-2H3,(H3,11,13,15,16). The predicted molar refractivity (Wildman–Crippen MR) is 60.8 cm³/mol. The summed E-state index contributed by atoms with van der Waals surface area (Å²) in [5.41, 5.74) is 4.91. The lowest BCUT2D eigenvalue weighted by Gasteiger charge is -2.34. The molecule has 1 rings (SSSR count). The Morgan fingerprint density at radius 3 is 2.75 bits per heavy atom. The minimum absolute atomic E-state index is 0.336. The van der Waals surface area contributed by atoms with E-state index < -0.39 is 6.03 Å². The maximum atomic E-state index is 11.6. The van der Waals surface area contributed by atoms with E-state index in [2.05, 4.69) is 10.6 Å². The number of hydrogen-bond donors (Lipinski definition) is 3. The highest BCUT2D eigenvalue weighted by Crippen LogP contribution is 2.11. The number of imide groups is 1. The topological polar surface area (TPSA) is 87.5 Å². The molecular weight excluding hydrogens is 208 g/mol. The molecule has 0 aromatic heterocycles. The van der Waals surface area contributed by atoms with E-state index in [9.17, 15) is 9.59 Å². The number of carbonyl (C=O) groups excluding carboxylic acids is 2. The average molecular weight is 228 g/mol. The van der Waals surface area contributed by atoms with E-state index >= 15 is 0 Å². The lowest BCUT2D eigenvalue weighted by atomic mass is 10.0. The summed E-state index contributed by atoms with van der Waals surface area (Å²) in [6.45, 7) is 3.68. The highest BCUT2D eigenvalue weighted by atomic mass is 16.2. The summed E-state index contributed by atoms with van der Waals surface area (Å²) in [5, 5.41) is 5.39. The highest BCUT2D eigenvalue weighted by Gasteiger charge is 2.26. The van der Waals surface area contributed by atoms with Crippen LogP contribution < -0.4 is 16.4 Å². The van der Waals surface area contributed by atoms with Crippen LogP contribution >= 0.6 is 0 Å². The van der Waals surface area contributed by atoms with Crippen LogP contribution in [-0.2, 0) is 4.79 Å². The van der Waals surface area contributed by atoms with Crippen LogP contribution in [0.2, 0.25) is 0 Å². The zero-order valence-corrected chi connectivity index (χ0v) is 9.82. The number of urea groups is 1. The number of primary amides is 1. The van der Waals surface area contributed by atoms with Crippen molar-refractivity contribution in [1.29, 1.82) is 0 Å². The summed E-state index contributed by atoms with van der Waals surface area (Å²) < 4.78 is 0. The van der Waals surface area contributed by atoms with Crippen molar-refractivity contribution >= 4 is 11.9 Å². The number of amides is 3. The molecule has 1 aliphatic rings. The summed E-state index contributed by atoms with van der Waals surface area (Å²) in [7, 11) is 1.89. The Morgan fingerprint density at radius 2 is 2.25 bits per heavy atom. The molecule has 6 nitrogen and oxygen atoms in total. The molecule has 4 N–H and O–H groups in total. The first kappa shape index (κ1) is 12.9. The van der Waals surface area contributed by atoms with Crippen LogP contribution in [0.4, 0.5) is 4.79 Å². The van der Waals surface area contributed by atoms with E-state index in [1.165, 1.54) is 0 Å². The van der Waals surface area contributed by atoms with E-state index in [1.807, 2.05) is 11.9 Å². The molecule has 0 spiro atoms. The molecule has 3 amide bonds. The molecule has 2 unspecified atom stereocenters. The third kappa shape index (κ3) is 3.46. The van der Waals surface area contributed by atoms with Crippen molar-refractivity contribution in [2.45, 2.75) is 31.8 Å². The van der Waals surface area contributed by atoms with Gasteiger partial charge in [-0.1, -0.05) is 0 Å². The number of nitrogens with zero attached hydrogens (tertiary/aromatic N) is 1. The van der Waals surface area contributed by atoms with Crippen LogP contribution in [0.15, 0.2) is 0 Å². The molecule has 6 heteroatoms. The van der Waals surface area contributed by atoms with Crippen LogP contribution in [0, 0.1) is 0 Å². The third-order valence-corrected chi connectivity index (χ3v) is 3.08. The fraction of sp³-hybridized carbons (Fsp3) is 0.800. The molecular formula is C10H20N4O2. The van der Waals surface area contributed by atoms with Crippen molar-refractivity contribution in [2.75, 3.05) is 20.1 Å². The monoisotopic (exact) mass is 228 g/mol. The molecule has 0 radical (unpaired) electrons. The lowest BCUT2D eigenvalue weighted by Crippen LogP contribution is -2.53. The van der Waals surface area contributed by atoms with Crippen LogP contribution in [0.3, 0.4) is 0 Å². The van der Waals surface area contributed by atoms with Gasteiger partial charge in [-0.2, -0.15) is 0 Å². The fourth-order valence-corrected chi connectivity index (χ4v) is 1.91. The number of hydrogen-bond acceptors (Lipinski definition) is 4. The molecule has 0 aromatic rings. The number of piperidine rings is 1. The SMILES string of the molecule is CC(C(=O)NC(N)=O)N(C)C1CCCNC1. The largest absolute Gasteiger partial charge is 0.351 e. The maximum absolute atomic E-state index is 11.6. The summed E-state index contributed by atoms with van der Waals surface area (Å²) in [4.78, 5) is 24.1. The van der Waals surface area contributed by atoms with Gasteiger partial charge in [-0.25, -0.2) is 4.79 Å². The quantitative estimate of drug-likeness (QED) is 0.593. The van der Waals surface area contributed by atoms with Crippen molar-refractivity contribution in [3.05, 3.63) is 0 Å². The van der Waals surface area contributed by atoms with Gasteiger partial charge in [0, 0.05) is 12.6 Å². The number of carbonyl (C=O) groups is 2. The van der Waals surface area contributed by atoms with Crippen molar-refractivity contribution in [1.82, 2.24) is 15.5 Å². The number of rotatable bonds is 3. The Kier molecular flexibility index (Phi) is 4.70. The Morgan fingerprint density at radius 1 is 1.56 bits per heavy atom. The number of nitrogens with two attached hydrogens (primary N) is 1. The fourth-order valence-electron chi connectivity index (χ4n) is 1.91. The number of nitrogens with one attached hydrogen (secondary N) is 2. The molecule has 0 bridgehead atoms. The van der Waals surface area contributed by atoms with Gasteiger partial charge in [0.15, 0.2) is 0 Å². The lowest BCUT2D eigenvalue weighted by molar-refractivity contribution is -0.125. The summed E-state index contributed by atoms with van der Waals surface area (Å²) in [5.74, 6) is -0.347. The minimum Gasteiger partial charge on any atom is -0.351 e. The highest BCUT2D eigenvalue weighted by molar-refractivity contribution is 5.96. The van der Waals surface area contributed by atoms with Crippen LogP contribution in [0.25, 0.3) is 0 Å². The van der Waals surface area contributed by atoms with Gasteiger partial charge in [0.1, 0.15) is 0 Å². The van der Waals surface area contributed by atoms with E-state index in [1.54, 1.807) is 6.92 Å². The maximum Gasteiger partial charge on any atom is 0.318 e. The third-order valence-electron chi connectivity index (χ3n) is 3.08. The normalized spacial score (nSPS) is 22.8. The molecule has 0 aromatic carbocycles. The van der Waals surface area contributed by atoms with E-state index in [0.717, 1.165) is 25.9 Å². The molecule has 2 atom stereocenters. The van der Waals surface area contributed by atoms with E-state index in [0.29, 0.717) is 6.04 Å². The molecule has 1 saturated heterocycles. The first-order valence-electron chi connectivity index (χ1n) is 5.55. The zero-order chi connectivity index (χ0) is 12.1. The van der Waals surface area contributed by atoms with Gasteiger partial charge in [0.2, 0.25) is 5.91 Å². The van der Waals surface area contributed by atoms with Crippen molar-refractivity contribution in [2.24, 2.45) is 5.73 Å². The Bertz CT molecular complexity index is 264. The summed E-state index contributed by atoms with van der Waals surface area (Å²) in [6, 6.07) is -0.813. The van der Waals surface area contributed by atoms with Gasteiger partial charge in [-0.3, -0.25) is 15.0 Å². The second-order valence-corrected chi connectivity index (χ2v) is 4.20. The van der Waals surface area contributed by atoms with Crippen LogP contribution in [0.1, 0.15) is 19.8 Å². The second-order valence-electron chi connectivity index (χ2n) is 4.20. The first-order chi connectivity index (χ1) is 7.52. The zero-order valence-electron chi connectivity index (χ0n) is 9.82. The van der Waals surface area contributed by atoms with Crippen molar-refractivity contribution in [3.8, 4) is 0 Å². The molecule has 92 valence electrons. The molecule has 1 heterocycles. The summed E-state index contributed by atoms with van der Waals surface area (Å²) >= 11 is 0. The molecule has 16 heavy (non-hydrogen) atoms. The predicted octanol–water partition coefficient (Wildman–Crippen LogP) is -0.746. The van der Waals surface area contributed by atoms with Gasteiger partial charge in [-0.05, 0) is 33.4 Å². The molecule has 1 aliphatic heterocycles. The van der Waals surface area contributed by atoms with Gasteiger partial charge in [0.25, 0.3) is 0 Å². The number of likely N-dealkylation sites (N-methyl/N-ethyl adjacent to an activating group) is 1. The van der Waals surface area contributed by atoms with E-state index in [-0.39, 0.29) is 11.9 Å². The van der Waals surface area contributed by atoms with Gasteiger partial charge < -0.3 is 11.1 Å². The molecule has 1 fully saturated rings.